The summed E-state index contributed by atoms with van der Waals surface area (Å²) in [6.07, 6.45) is 0. The number of hydrogen-bond donors (Lipinski definition) is 4. The van der Waals surface area contributed by atoms with Crippen LogP contribution in [-0.2, 0) is 0 Å². The van der Waals surface area contributed by atoms with Crippen molar-refractivity contribution >= 4 is 18.9 Å². The molecule has 0 aliphatic heterocycles. The number of hydrogen-bond acceptors (Lipinski definition) is 5. The molecule has 0 unspecified atom stereocenters. The molecule has 7 heteroatoms. The fourth-order valence-corrected chi connectivity index (χ4v) is 0.834. The van der Waals surface area contributed by atoms with Crippen molar-refractivity contribution in [1.29, 1.82) is 0 Å². The molecule has 19 heavy (non-hydrogen) atoms. The summed E-state index contributed by atoms with van der Waals surface area (Å²) in [5.74, 6) is 0.254. The molecule has 0 saturated carbocycles. The van der Waals surface area contributed by atoms with E-state index < -0.39 is 18.5 Å². The molecule has 4 N–H and O–H groups in total. The van der Waals surface area contributed by atoms with Crippen LogP contribution in [0.25, 0.3) is 0 Å². The molecule has 0 fully saturated rings. The van der Waals surface area contributed by atoms with Crippen LogP contribution in [0.2, 0.25) is 5.02 Å². The van der Waals surface area contributed by atoms with Gasteiger partial charge in [0.05, 0.1) is 16.2 Å². The second-order valence-corrected chi connectivity index (χ2v) is 5.40. The van der Waals surface area contributed by atoms with E-state index in [0.717, 1.165) is 0 Å². The van der Waals surface area contributed by atoms with Crippen LogP contribution in [0.15, 0.2) is 24.3 Å². The van der Waals surface area contributed by atoms with Crippen LogP contribution in [0, 0.1) is 0 Å². The Balaban J connectivity index is 0.000000362. The van der Waals surface area contributed by atoms with Crippen molar-refractivity contribution in [1.82, 2.24) is 0 Å². The monoisotopic (exact) mass is 290 g/mol. The number of benzene rings is 1. The molecule has 0 aliphatic rings. The zero-order chi connectivity index (χ0) is 15.3. The topological polar surface area (TPSA) is 90.2 Å². The predicted octanol–water partition coefficient (Wildman–Crippen LogP) is 1.22. The molecule has 0 bridgehead atoms. The van der Waals surface area contributed by atoms with Crippen molar-refractivity contribution < 1.29 is 24.9 Å². The number of rotatable bonds is 3. The van der Waals surface area contributed by atoms with Gasteiger partial charge in [-0.05, 0) is 39.8 Å². The van der Waals surface area contributed by atoms with E-state index in [0.29, 0.717) is 5.02 Å². The summed E-state index contributed by atoms with van der Waals surface area (Å²) in [6.45, 7) is 6.31. The fourth-order valence-electron chi connectivity index (χ4n) is 0.654. The zero-order valence-corrected chi connectivity index (χ0v) is 12.2. The quantitative estimate of drug-likeness (QED) is 0.628. The van der Waals surface area contributed by atoms with Crippen molar-refractivity contribution in [2.75, 3.05) is 0 Å². The van der Waals surface area contributed by atoms with Gasteiger partial charge < -0.3 is 24.9 Å². The van der Waals surface area contributed by atoms with Crippen molar-refractivity contribution in [2.45, 2.75) is 38.9 Å². The lowest BCUT2D eigenvalue weighted by Gasteiger charge is -2.31. The molecule has 0 atom stereocenters. The highest BCUT2D eigenvalue weighted by molar-refractivity contribution is 6.36. The van der Waals surface area contributed by atoms with Gasteiger partial charge in [0.25, 0.3) is 0 Å². The van der Waals surface area contributed by atoms with Crippen molar-refractivity contribution in [3.8, 4) is 5.75 Å². The smallest absolute Gasteiger partial charge is 0.511 e. The van der Waals surface area contributed by atoms with Gasteiger partial charge in [0.1, 0.15) is 5.75 Å². The van der Waals surface area contributed by atoms with E-state index in [1.165, 1.54) is 0 Å². The van der Waals surface area contributed by atoms with Gasteiger partial charge in [0, 0.05) is 0 Å². The molecule has 0 aliphatic carbocycles. The van der Waals surface area contributed by atoms with Gasteiger partial charge in [0.2, 0.25) is 0 Å². The van der Waals surface area contributed by atoms with Gasteiger partial charge in [-0.3, -0.25) is 0 Å². The minimum Gasteiger partial charge on any atom is -0.511 e. The summed E-state index contributed by atoms with van der Waals surface area (Å²) in [6, 6.07) is 6.55. The highest BCUT2D eigenvalue weighted by Crippen LogP contribution is 2.22. The van der Waals surface area contributed by atoms with Gasteiger partial charge in [-0.1, -0.05) is 23.7 Å². The fraction of sp³-hybridized carbons (Fsp3) is 0.500. The van der Waals surface area contributed by atoms with E-state index in [-0.39, 0.29) is 5.75 Å². The summed E-state index contributed by atoms with van der Waals surface area (Å²) in [7, 11) is -1.82. The molecule has 0 radical (unpaired) electrons. The minimum atomic E-state index is -1.82. The molecule has 5 nitrogen and oxygen atoms in total. The Bertz CT molecular complexity index is 372. The maximum Gasteiger partial charge on any atom is 0.707 e. The summed E-state index contributed by atoms with van der Waals surface area (Å²) in [5.41, 5.74) is -2.01. The third kappa shape index (κ3) is 7.39. The molecule has 0 aromatic heterocycles. The Hall–Kier alpha value is -0.785. The average Bonchev–Trinajstić information content (AvgIpc) is 2.18. The predicted molar refractivity (Wildman–Crippen MR) is 74.9 cm³/mol. The van der Waals surface area contributed by atoms with E-state index in [1.807, 2.05) is 0 Å². The van der Waals surface area contributed by atoms with Gasteiger partial charge in [-0.25, -0.2) is 0 Å². The second-order valence-electron chi connectivity index (χ2n) is 4.99. The van der Waals surface area contributed by atoms with Crippen LogP contribution < -0.4 is 4.65 Å². The van der Waals surface area contributed by atoms with Crippen LogP contribution in [-0.4, -0.2) is 38.8 Å². The van der Waals surface area contributed by atoms with E-state index in [9.17, 15) is 0 Å². The van der Waals surface area contributed by atoms with E-state index in [2.05, 4.69) is 4.65 Å². The number of aliphatic hydroxyl groups is 2. The third-order valence-corrected chi connectivity index (χ3v) is 2.88. The molecular formula is C12H20BClO5. The Labute approximate surface area is 118 Å². The Morgan fingerprint density at radius 2 is 1.42 bits per heavy atom. The molecular weight excluding hydrogens is 270 g/mol. The lowest BCUT2D eigenvalue weighted by atomic mass is 9.90. The number of para-hydroxylation sites is 1. The molecule has 1 rings (SSSR count). The maximum absolute atomic E-state index is 9.10. The summed E-state index contributed by atoms with van der Waals surface area (Å²) in [5, 5.41) is 35.4. The zero-order valence-electron chi connectivity index (χ0n) is 11.5. The molecule has 0 saturated heterocycles. The first-order valence-corrected chi connectivity index (χ1v) is 6.05. The summed E-state index contributed by atoms with van der Waals surface area (Å²) < 4.78 is 4.52. The second kappa shape index (κ2) is 7.12. The SMILES string of the molecule is CC(C)(O)C(C)(C)O.OB(O)Oc1ccccc1Cl. The van der Waals surface area contributed by atoms with E-state index in [4.69, 9.17) is 31.9 Å². The molecule has 1 aromatic rings. The standard InChI is InChI=1S/C6H6BClO3.C6H14O2/c8-5-3-1-2-4-6(5)11-7(9)10;1-5(2,7)6(3,4)8/h1-4,9-10H;7-8H,1-4H3. The summed E-state index contributed by atoms with van der Waals surface area (Å²) >= 11 is 5.62. The van der Waals surface area contributed by atoms with Crippen LogP contribution in [0.5, 0.6) is 5.75 Å². The van der Waals surface area contributed by atoms with Crippen LogP contribution in [0.3, 0.4) is 0 Å². The van der Waals surface area contributed by atoms with Gasteiger partial charge >= 0.3 is 7.32 Å². The minimum absolute atomic E-state index is 0.254. The molecule has 0 amide bonds. The first-order chi connectivity index (χ1) is 8.45. The highest BCUT2D eigenvalue weighted by atomic mass is 35.5. The van der Waals surface area contributed by atoms with E-state index in [1.54, 1.807) is 52.0 Å². The lowest BCUT2D eigenvalue weighted by molar-refractivity contribution is -0.107. The Morgan fingerprint density at radius 1 is 1.00 bits per heavy atom. The highest BCUT2D eigenvalue weighted by Gasteiger charge is 2.31. The van der Waals surface area contributed by atoms with Crippen LogP contribution in [0.1, 0.15) is 27.7 Å². The molecule has 0 heterocycles. The van der Waals surface area contributed by atoms with Crippen molar-refractivity contribution in [2.24, 2.45) is 0 Å². The molecule has 1 aromatic carbocycles. The first kappa shape index (κ1) is 18.2. The largest absolute Gasteiger partial charge is 0.707 e. The normalized spacial score (nSPS) is 11.4. The average molecular weight is 291 g/mol. The Kier molecular flexibility index (Phi) is 6.82. The van der Waals surface area contributed by atoms with Crippen molar-refractivity contribution in [3.63, 3.8) is 0 Å². The van der Waals surface area contributed by atoms with Crippen LogP contribution in [0.4, 0.5) is 0 Å². The first-order valence-electron chi connectivity index (χ1n) is 5.67. The molecule has 108 valence electrons. The van der Waals surface area contributed by atoms with Gasteiger partial charge in [-0.15, -0.1) is 0 Å². The summed E-state index contributed by atoms with van der Waals surface area (Å²) in [4.78, 5) is 0. The maximum atomic E-state index is 9.10. The lowest BCUT2D eigenvalue weighted by Crippen LogP contribution is -2.44. The number of halogens is 1. The van der Waals surface area contributed by atoms with Crippen molar-refractivity contribution in [3.05, 3.63) is 29.3 Å². The van der Waals surface area contributed by atoms with Gasteiger partial charge in [0.15, 0.2) is 0 Å². The van der Waals surface area contributed by atoms with E-state index >= 15 is 0 Å². The third-order valence-electron chi connectivity index (χ3n) is 2.57. The van der Waals surface area contributed by atoms with Gasteiger partial charge in [-0.2, -0.15) is 0 Å². The Morgan fingerprint density at radius 3 is 1.74 bits per heavy atom. The molecule has 0 spiro atoms. The van der Waals surface area contributed by atoms with Crippen LogP contribution >= 0.6 is 11.6 Å².